The molecule has 1 aliphatic rings. The molecule has 1 atom stereocenters. The number of alkyl halides is 1. The Balaban J connectivity index is 2.24. The van der Waals surface area contributed by atoms with Gasteiger partial charge in [0, 0.05) is 23.5 Å². The number of carbonyl (C=O) groups excluding carboxylic acids is 1. The number of ketones is 1. The van der Waals surface area contributed by atoms with Crippen molar-refractivity contribution in [3.8, 4) is 0 Å². The number of anilines is 1. The summed E-state index contributed by atoms with van der Waals surface area (Å²) < 4.78 is 0. The van der Waals surface area contributed by atoms with Crippen molar-refractivity contribution < 1.29 is 4.79 Å². The Labute approximate surface area is 106 Å². The zero-order valence-corrected chi connectivity index (χ0v) is 10.7. The van der Waals surface area contributed by atoms with Gasteiger partial charge < -0.3 is 4.90 Å². The maximum atomic E-state index is 11.4. The number of halogens is 1. The molecule has 0 saturated carbocycles. The Morgan fingerprint density at radius 1 is 1.59 bits per heavy atom. The SMILES string of the molecule is CC1=CCC(C)N1c1ccc(C(=O)CCl)cn1. The lowest BCUT2D eigenvalue weighted by atomic mass is 10.2. The summed E-state index contributed by atoms with van der Waals surface area (Å²) in [5.74, 6) is 0.794. The van der Waals surface area contributed by atoms with Crippen LogP contribution in [0.3, 0.4) is 0 Å². The van der Waals surface area contributed by atoms with Crippen molar-refractivity contribution in [1.82, 2.24) is 4.98 Å². The highest BCUT2D eigenvalue weighted by Crippen LogP contribution is 2.27. The topological polar surface area (TPSA) is 33.2 Å². The molecule has 0 N–H and O–H groups in total. The van der Waals surface area contributed by atoms with Gasteiger partial charge in [0.15, 0.2) is 5.78 Å². The maximum Gasteiger partial charge on any atom is 0.179 e. The number of hydrogen-bond acceptors (Lipinski definition) is 3. The molecule has 4 heteroatoms. The highest BCUT2D eigenvalue weighted by atomic mass is 35.5. The zero-order valence-electron chi connectivity index (χ0n) is 9.98. The Hall–Kier alpha value is -1.35. The fourth-order valence-corrected chi connectivity index (χ4v) is 2.22. The molecule has 1 aromatic heterocycles. The summed E-state index contributed by atoms with van der Waals surface area (Å²) in [4.78, 5) is 17.9. The highest BCUT2D eigenvalue weighted by molar-refractivity contribution is 6.30. The minimum absolute atomic E-state index is 0.0000737. The Morgan fingerprint density at radius 2 is 2.35 bits per heavy atom. The predicted octanol–water partition coefficient (Wildman–Crippen LogP) is 3.01. The summed E-state index contributed by atoms with van der Waals surface area (Å²) in [6.07, 6.45) is 4.83. The van der Waals surface area contributed by atoms with Crippen LogP contribution in [0.5, 0.6) is 0 Å². The summed E-state index contributed by atoms with van der Waals surface area (Å²) >= 11 is 5.50. The van der Waals surface area contributed by atoms with Crippen LogP contribution in [0.15, 0.2) is 30.1 Å². The van der Waals surface area contributed by atoms with E-state index in [1.165, 1.54) is 5.70 Å². The van der Waals surface area contributed by atoms with Crippen molar-refractivity contribution in [3.05, 3.63) is 35.7 Å². The molecule has 1 aromatic rings. The normalized spacial score (nSPS) is 19.4. The maximum absolute atomic E-state index is 11.4. The van der Waals surface area contributed by atoms with Gasteiger partial charge in [0.05, 0.1) is 5.88 Å². The second-order valence-electron chi connectivity index (χ2n) is 4.26. The average Bonchev–Trinajstić information content (AvgIpc) is 2.68. The van der Waals surface area contributed by atoms with Crippen LogP contribution < -0.4 is 4.90 Å². The van der Waals surface area contributed by atoms with Gasteiger partial charge in [0.25, 0.3) is 0 Å². The van der Waals surface area contributed by atoms with E-state index in [1.807, 2.05) is 6.07 Å². The van der Waals surface area contributed by atoms with Gasteiger partial charge in [-0.05, 0) is 32.4 Å². The molecule has 0 aliphatic carbocycles. The van der Waals surface area contributed by atoms with E-state index in [9.17, 15) is 4.79 Å². The molecule has 2 heterocycles. The number of carbonyl (C=O) groups is 1. The summed E-state index contributed by atoms with van der Waals surface area (Å²) in [5, 5.41) is 0. The van der Waals surface area contributed by atoms with Crippen LogP contribution in [-0.2, 0) is 0 Å². The molecular weight excluding hydrogens is 236 g/mol. The number of pyridine rings is 1. The van der Waals surface area contributed by atoms with E-state index in [1.54, 1.807) is 12.3 Å². The molecule has 0 bridgehead atoms. The Kier molecular flexibility index (Phi) is 3.48. The van der Waals surface area contributed by atoms with E-state index in [0.29, 0.717) is 11.6 Å². The van der Waals surface area contributed by atoms with Crippen LogP contribution in [0.1, 0.15) is 30.6 Å². The van der Waals surface area contributed by atoms with Crippen LogP contribution in [0, 0.1) is 0 Å². The molecule has 17 heavy (non-hydrogen) atoms. The summed E-state index contributed by atoms with van der Waals surface area (Å²) in [6, 6.07) is 4.08. The molecule has 0 saturated heterocycles. The van der Waals surface area contributed by atoms with Crippen molar-refractivity contribution in [3.63, 3.8) is 0 Å². The lowest BCUT2D eigenvalue weighted by Crippen LogP contribution is -2.27. The first-order valence-corrected chi connectivity index (χ1v) is 6.18. The number of allylic oxidation sites excluding steroid dienone is 1. The van der Waals surface area contributed by atoms with Gasteiger partial charge in [-0.1, -0.05) is 6.08 Å². The third-order valence-electron chi connectivity index (χ3n) is 3.01. The summed E-state index contributed by atoms with van der Waals surface area (Å²) in [5.41, 5.74) is 1.78. The molecule has 0 spiro atoms. The van der Waals surface area contributed by atoms with Crippen LogP contribution in [0.25, 0.3) is 0 Å². The third-order valence-corrected chi connectivity index (χ3v) is 3.26. The van der Waals surface area contributed by atoms with E-state index in [-0.39, 0.29) is 11.7 Å². The first-order chi connectivity index (χ1) is 8.13. The fourth-order valence-electron chi connectivity index (χ4n) is 2.07. The van der Waals surface area contributed by atoms with Gasteiger partial charge in [-0.15, -0.1) is 11.6 Å². The van der Waals surface area contributed by atoms with E-state index < -0.39 is 0 Å². The number of aromatic nitrogens is 1. The molecule has 1 unspecified atom stereocenters. The largest absolute Gasteiger partial charge is 0.328 e. The van der Waals surface area contributed by atoms with Crippen molar-refractivity contribution in [1.29, 1.82) is 0 Å². The van der Waals surface area contributed by atoms with Gasteiger partial charge in [0.2, 0.25) is 0 Å². The third kappa shape index (κ3) is 2.34. The molecule has 0 amide bonds. The molecule has 3 nitrogen and oxygen atoms in total. The van der Waals surface area contributed by atoms with Crippen LogP contribution in [0.4, 0.5) is 5.82 Å². The monoisotopic (exact) mass is 250 g/mol. The number of rotatable bonds is 3. The van der Waals surface area contributed by atoms with Crippen molar-refractivity contribution >= 4 is 23.2 Å². The summed E-state index contributed by atoms with van der Waals surface area (Å²) in [7, 11) is 0. The molecule has 2 rings (SSSR count). The number of hydrogen-bond donors (Lipinski definition) is 0. The quantitative estimate of drug-likeness (QED) is 0.611. The number of nitrogens with zero attached hydrogens (tertiary/aromatic N) is 2. The highest BCUT2D eigenvalue weighted by Gasteiger charge is 2.21. The van der Waals surface area contributed by atoms with Crippen LogP contribution in [0.2, 0.25) is 0 Å². The predicted molar refractivity (Wildman–Crippen MR) is 69.6 cm³/mol. The van der Waals surface area contributed by atoms with Crippen molar-refractivity contribution in [2.24, 2.45) is 0 Å². The first kappa shape index (κ1) is 12.1. The van der Waals surface area contributed by atoms with E-state index in [4.69, 9.17) is 11.6 Å². The smallest absolute Gasteiger partial charge is 0.179 e. The second-order valence-corrected chi connectivity index (χ2v) is 4.53. The fraction of sp³-hybridized carbons (Fsp3) is 0.385. The van der Waals surface area contributed by atoms with Crippen molar-refractivity contribution in [2.45, 2.75) is 26.3 Å². The molecule has 0 aromatic carbocycles. The average molecular weight is 251 g/mol. The lowest BCUT2D eigenvalue weighted by molar-refractivity contribution is 0.102. The Bertz CT molecular complexity index is 453. The van der Waals surface area contributed by atoms with Crippen LogP contribution >= 0.6 is 11.6 Å². The van der Waals surface area contributed by atoms with Crippen molar-refractivity contribution in [2.75, 3.05) is 10.8 Å². The lowest BCUT2D eigenvalue weighted by Gasteiger charge is -2.24. The first-order valence-electron chi connectivity index (χ1n) is 5.64. The Morgan fingerprint density at radius 3 is 2.82 bits per heavy atom. The molecule has 0 radical (unpaired) electrons. The molecule has 1 aliphatic heterocycles. The standard InChI is InChI=1S/C13H15ClN2O/c1-9-3-4-10(2)16(9)13-6-5-11(8-15-13)12(17)7-14/h3,5-6,8,10H,4,7H2,1-2H3. The van der Waals surface area contributed by atoms with Gasteiger partial charge in [0.1, 0.15) is 5.82 Å². The second kappa shape index (κ2) is 4.88. The van der Waals surface area contributed by atoms with E-state index in [2.05, 4.69) is 29.8 Å². The molecule has 90 valence electrons. The summed E-state index contributed by atoms with van der Waals surface area (Å²) in [6.45, 7) is 4.23. The zero-order chi connectivity index (χ0) is 12.4. The number of Topliss-reactive ketones (excluding diaryl/α,β-unsaturated/α-hetero) is 1. The molecule has 0 fully saturated rings. The van der Waals surface area contributed by atoms with Gasteiger partial charge >= 0.3 is 0 Å². The van der Waals surface area contributed by atoms with Gasteiger partial charge in [-0.3, -0.25) is 4.79 Å². The van der Waals surface area contributed by atoms with E-state index >= 15 is 0 Å². The minimum atomic E-state index is -0.0903. The minimum Gasteiger partial charge on any atom is -0.328 e. The van der Waals surface area contributed by atoms with E-state index in [0.717, 1.165) is 12.2 Å². The molecular formula is C13H15ClN2O. The van der Waals surface area contributed by atoms with Crippen LogP contribution in [-0.4, -0.2) is 22.7 Å². The van der Waals surface area contributed by atoms with Gasteiger partial charge in [-0.25, -0.2) is 4.98 Å². The van der Waals surface area contributed by atoms with Gasteiger partial charge in [-0.2, -0.15) is 0 Å².